The van der Waals surface area contributed by atoms with Gasteiger partial charge in [-0.25, -0.2) is 0 Å². The Morgan fingerprint density at radius 2 is 2.15 bits per heavy atom. The Kier molecular flexibility index (Phi) is 4.72. The second kappa shape index (κ2) is 7.15. The molecule has 0 radical (unpaired) electrons. The minimum absolute atomic E-state index is 0.0373. The zero-order valence-electron chi connectivity index (χ0n) is 15.1. The van der Waals surface area contributed by atoms with Gasteiger partial charge in [-0.2, -0.15) is 4.98 Å². The summed E-state index contributed by atoms with van der Waals surface area (Å²) in [6.45, 7) is 4.91. The summed E-state index contributed by atoms with van der Waals surface area (Å²) in [7, 11) is 0. The standard InChI is InChI=1S/C19H24N4O3/c1-19(18-21-16(26-22-18)14-6-11-25-12-7-14)8-4-10-23(13-19)17(24)15-5-2-3-9-20-15/h2-3,5,9,14H,4,6-8,10-13H2,1H3. The van der Waals surface area contributed by atoms with Crippen molar-refractivity contribution in [3.63, 3.8) is 0 Å². The van der Waals surface area contributed by atoms with Crippen LogP contribution in [-0.2, 0) is 10.2 Å². The van der Waals surface area contributed by atoms with Crippen LogP contribution in [0, 0.1) is 0 Å². The van der Waals surface area contributed by atoms with Gasteiger partial charge in [0.15, 0.2) is 5.82 Å². The van der Waals surface area contributed by atoms with Crippen molar-refractivity contribution in [1.82, 2.24) is 20.0 Å². The lowest BCUT2D eigenvalue weighted by Gasteiger charge is -2.38. The molecule has 0 spiro atoms. The molecule has 4 rings (SSSR count). The predicted molar refractivity (Wildman–Crippen MR) is 93.8 cm³/mol. The Hall–Kier alpha value is -2.28. The van der Waals surface area contributed by atoms with E-state index in [0.717, 1.165) is 45.4 Å². The van der Waals surface area contributed by atoms with E-state index < -0.39 is 0 Å². The quantitative estimate of drug-likeness (QED) is 0.841. The molecule has 4 heterocycles. The van der Waals surface area contributed by atoms with E-state index in [1.807, 2.05) is 17.0 Å². The highest BCUT2D eigenvalue weighted by molar-refractivity contribution is 5.92. The number of amides is 1. The molecule has 1 unspecified atom stereocenters. The minimum Gasteiger partial charge on any atom is -0.381 e. The smallest absolute Gasteiger partial charge is 0.272 e. The fourth-order valence-corrected chi connectivity index (χ4v) is 3.84. The van der Waals surface area contributed by atoms with Crippen LogP contribution < -0.4 is 0 Å². The maximum absolute atomic E-state index is 12.8. The van der Waals surface area contributed by atoms with Crippen molar-refractivity contribution >= 4 is 5.91 Å². The van der Waals surface area contributed by atoms with E-state index in [-0.39, 0.29) is 17.2 Å². The van der Waals surface area contributed by atoms with Crippen molar-refractivity contribution in [2.45, 2.75) is 43.9 Å². The van der Waals surface area contributed by atoms with Gasteiger partial charge in [0.05, 0.1) is 0 Å². The van der Waals surface area contributed by atoms with E-state index in [4.69, 9.17) is 14.2 Å². The Bertz CT molecular complexity index is 757. The lowest BCUT2D eigenvalue weighted by atomic mass is 9.81. The summed E-state index contributed by atoms with van der Waals surface area (Å²) in [5.74, 6) is 1.66. The number of likely N-dealkylation sites (tertiary alicyclic amines) is 1. The Morgan fingerprint density at radius 1 is 1.31 bits per heavy atom. The summed E-state index contributed by atoms with van der Waals surface area (Å²) in [5.41, 5.74) is 0.183. The second-order valence-corrected chi connectivity index (χ2v) is 7.45. The summed E-state index contributed by atoms with van der Waals surface area (Å²) in [5, 5.41) is 4.27. The SMILES string of the molecule is CC1(c2noc(C3CCOCC3)n2)CCCN(C(=O)c2ccccn2)C1. The highest BCUT2D eigenvalue weighted by Gasteiger charge is 2.39. The van der Waals surface area contributed by atoms with E-state index in [2.05, 4.69) is 17.1 Å². The summed E-state index contributed by atoms with van der Waals surface area (Å²) >= 11 is 0. The van der Waals surface area contributed by atoms with E-state index in [1.165, 1.54) is 0 Å². The Morgan fingerprint density at radius 3 is 2.92 bits per heavy atom. The maximum Gasteiger partial charge on any atom is 0.272 e. The van der Waals surface area contributed by atoms with Crippen LogP contribution in [0.1, 0.15) is 60.7 Å². The van der Waals surface area contributed by atoms with Crippen LogP contribution in [0.15, 0.2) is 28.9 Å². The first kappa shape index (κ1) is 17.1. The number of ether oxygens (including phenoxy) is 1. The maximum atomic E-state index is 12.8. The fraction of sp³-hybridized carbons (Fsp3) is 0.579. The van der Waals surface area contributed by atoms with Crippen LogP contribution >= 0.6 is 0 Å². The third kappa shape index (κ3) is 3.35. The van der Waals surface area contributed by atoms with Crippen LogP contribution in [-0.4, -0.2) is 52.2 Å². The number of piperidine rings is 1. The van der Waals surface area contributed by atoms with Gasteiger partial charge in [-0.15, -0.1) is 0 Å². The molecule has 2 aliphatic rings. The van der Waals surface area contributed by atoms with Crippen molar-refractivity contribution in [2.75, 3.05) is 26.3 Å². The first-order valence-corrected chi connectivity index (χ1v) is 9.28. The number of carbonyl (C=O) groups excluding carboxylic acids is 1. The normalized spacial score (nSPS) is 24.6. The van der Waals surface area contributed by atoms with Gasteiger partial charge in [-0.05, 0) is 37.8 Å². The topological polar surface area (TPSA) is 81.4 Å². The predicted octanol–water partition coefficient (Wildman–Crippen LogP) is 2.55. The number of hydrogen-bond acceptors (Lipinski definition) is 6. The third-order valence-electron chi connectivity index (χ3n) is 5.42. The molecule has 0 bridgehead atoms. The van der Waals surface area contributed by atoms with E-state index in [1.54, 1.807) is 12.3 Å². The van der Waals surface area contributed by atoms with Crippen molar-refractivity contribution in [3.05, 3.63) is 41.8 Å². The van der Waals surface area contributed by atoms with Gasteiger partial charge in [-0.3, -0.25) is 9.78 Å². The molecule has 26 heavy (non-hydrogen) atoms. The molecule has 2 saturated heterocycles. The molecule has 0 aliphatic carbocycles. The first-order chi connectivity index (χ1) is 12.7. The lowest BCUT2D eigenvalue weighted by Crippen LogP contribution is -2.47. The molecule has 1 amide bonds. The van der Waals surface area contributed by atoms with Gasteiger partial charge < -0.3 is 14.2 Å². The molecule has 1 atom stereocenters. The molecule has 2 fully saturated rings. The first-order valence-electron chi connectivity index (χ1n) is 9.28. The van der Waals surface area contributed by atoms with Gasteiger partial charge in [-0.1, -0.05) is 18.1 Å². The number of aromatic nitrogens is 3. The molecule has 0 saturated carbocycles. The largest absolute Gasteiger partial charge is 0.381 e. The van der Waals surface area contributed by atoms with Gasteiger partial charge in [0.2, 0.25) is 5.89 Å². The molecule has 7 nitrogen and oxygen atoms in total. The van der Waals surface area contributed by atoms with E-state index in [9.17, 15) is 4.79 Å². The second-order valence-electron chi connectivity index (χ2n) is 7.45. The summed E-state index contributed by atoms with van der Waals surface area (Å²) in [6, 6.07) is 5.41. The third-order valence-corrected chi connectivity index (χ3v) is 5.42. The summed E-state index contributed by atoms with van der Waals surface area (Å²) < 4.78 is 11.0. The lowest BCUT2D eigenvalue weighted by molar-refractivity contribution is 0.0636. The molecule has 2 aliphatic heterocycles. The molecule has 7 heteroatoms. The zero-order chi connectivity index (χ0) is 18.0. The van der Waals surface area contributed by atoms with Crippen LogP contribution in [0.3, 0.4) is 0 Å². The molecular formula is C19H24N4O3. The van der Waals surface area contributed by atoms with Gasteiger partial charge >= 0.3 is 0 Å². The molecule has 0 aromatic carbocycles. The Labute approximate surface area is 152 Å². The van der Waals surface area contributed by atoms with E-state index in [0.29, 0.717) is 24.0 Å². The number of nitrogens with zero attached hydrogens (tertiary/aromatic N) is 4. The molecule has 0 N–H and O–H groups in total. The van der Waals surface area contributed by atoms with Crippen LogP contribution in [0.25, 0.3) is 0 Å². The van der Waals surface area contributed by atoms with Crippen molar-refractivity contribution in [2.24, 2.45) is 0 Å². The van der Waals surface area contributed by atoms with Crippen LogP contribution in [0.5, 0.6) is 0 Å². The average Bonchev–Trinajstić information content (AvgIpc) is 3.20. The molecule has 2 aromatic heterocycles. The van der Waals surface area contributed by atoms with Crippen molar-refractivity contribution in [1.29, 1.82) is 0 Å². The van der Waals surface area contributed by atoms with Gasteiger partial charge in [0.25, 0.3) is 5.91 Å². The summed E-state index contributed by atoms with van der Waals surface area (Å²) in [6.07, 6.45) is 5.34. The van der Waals surface area contributed by atoms with Gasteiger partial charge in [0.1, 0.15) is 5.69 Å². The fourth-order valence-electron chi connectivity index (χ4n) is 3.84. The Balaban J connectivity index is 1.50. The molecule has 138 valence electrons. The number of hydrogen-bond donors (Lipinski definition) is 0. The number of rotatable bonds is 3. The van der Waals surface area contributed by atoms with Crippen LogP contribution in [0.4, 0.5) is 0 Å². The molecule has 2 aromatic rings. The van der Waals surface area contributed by atoms with E-state index >= 15 is 0 Å². The van der Waals surface area contributed by atoms with Crippen molar-refractivity contribution in [3.8, 4) is 0 Å². The highest BCUT2D eigenvalue weighted by Crippen LogP contribution is 2.34. The number of carbonyl (C=O) groups is 1. The molecular weight excluding hydrogens is 332 g/mol. The van der Waals surface area contributed by atoms with Crippen LogP contribution in [0.2, 0.25) is 0 Å². The zero-order valence-corrected chi connectivity index (χ0v) is 15.1. The summed E-state index contributed by atoms with van der Waals surface area (Å²) in [4.78, 5) is 23.5. The number of pyridine rings is 1. The average molecular weight is 356 g/mol. The monoisotopic (exact) mass is 356 g/mol. The minimum atomic E-state index is -0.296. The van der Waals surface area contributed by atoms with Crippen molar-refractivity contribution < 1.29 is 14.1 Å². The van der Waals surface area contributed by atoms with Gasteiger partial charge in [0, 0.05) is 43.8 Å². The highest BCUT2D eigenvalue weighted by atomic mass is 16.5.